The van der Waals surface area contributed by atoms with E-state index in [4.69, 9.17) is 0 Å². The van der Waals surface area contributed by atoms with Gasteiger partial charge in [-0.25, -0.2) is 9.97 Å². The largest absolute Gasteiger partial charge is 0.387 e. The number of aliphatic hydroxyl groups is 1. The van der Waals surface area contributed by atoms with Crippen LogP contribution in [0.15, 0.2) is 37.1 Å². The fourth-order valence-corrected chi connectivity index (χ4v) is 3.37. The van der Waals surface area contributed by atoms with Crippen LogP contribution in [-0.2, 0) is 6.54 Å². The Morgan fingerprint density at radius 3 is 2.81 bits per heavy atom. The van der Waals surface area contributed by atoms with E-state index in [9.17, 15) is 9.90 Å². The van der Waals surface area contributed by atoms with Gasteiger partial charge in [-0.2, -0.15) is 0 Å². The number of rotatable bonds is 6. The zero-order valence-corrected chi connectivity index (χ0v) is 15.3. The Labute approximate surface area is 153 Å². The molecule has 1 N–H and O–H groups in total. The summed E-state index contributed by atoms with van der Waals surface area (Å²) in [6.45, 7) is 6.84. The van der Waals surface area contributed by atoms with Crippen molar-refractivity contribution in [3.8, 4) is 0 Å². The Morgan fingerprint density at radius 2 is 2.12 bits per heavy atom. The number of aryl methyl sites for hydroxylation is 1. The van der Waals surface area contributed by atoms with E-state index >= 15 is 0 Å². The first-order chi connectivity index (χ1) is 12.5. The summed E-state index contributed by atoms with van der Waals surface area (Å²) in [7, 11) is 0. The second kappa shape index (κ2) is 7.88. The lowest BCUT2D eigenvalue weighted by Crippen LogP contribution is -2.45. The number of β-amino-alcohol motifs (C(OH)–C–C–N with tert-alkyl or cyclic N) is 1. The van der Waals surface area contributed by atoms with Gasteiger partial charge in [-0.05, 0) is 37.6 Å². The number of hydrogen-bond donors (Lipinski definition) is 1. The number of nitrogens with zero attached hydrogens (tertiary/aromatic N) is 5. The fraction of sp³-hybridized carbons (Fsp3) is 0.474. The number of aromatic nitrogens is 3. The van der Waals surface area contributed by atoms with Crippen molar-refractivity contribution >= 4 is 5.91 Å². The van der Waals surface area contributed by atoms with Crippen LogP contribution >= 0.6 is 0 Å². The first kappa shape index (κ1) is 18.4. The summed E-state index contributed by atoms with van der Waals surface area (Å²) in [5, 5.41) is 11.0. The Hall–Kier alpha value is -2.38. The molecule has 0 aromatic carbocycles. The van der Waals surface area contributed by atoms with Crippen LogP contribution in [0.25, 0.3) is 0 Å². The van der Waals surface area contributed by atoms with E-state index in [1.54, 1.807) is 30.4 Å². The van der Waals surface area contributed by atoms with Crippen LogP contribution in [-0.4, -0.2) is 67.5 Å². The molecule has 26 heavy (non-hydrogen) atoms. The molecule has 3 heterocycles. The van der Waals surface area contributed by atoms with Crippen molar-refractivity contribution < 1.29 is 9.90 Å². The van der Waals surface area contributed by atoms with Crippen LogP contribution in [0.5, 0.6) is 0 Å². The molecule has 3 rings (SSSR count). The number of likely N-dealkylation sites (N-methyl/N-ethyl adjacent to an activating group) is 1. The van der Waals surface area contributed by atoms with E-state index in [2.05, 4.69) is 26.8 Å². The molecule has 0 aliphatic carbocycles. The first-order valence-electron chi connectivity index (χ1n) is 8.90. The van der Waals surface area contributed by atoms with Gasteiger partial charge in [-0.15, -0.1) is 0 Å². The molecule has 0 spiro atoms. The van der Waals surface area contributed by atoms with Gasteiger partial charge in [0.15, 0.2) is 0 Å². The smallest absolute Gasteiger partial charge is 0.257 e. The molecule has 2 aromatic rings. The molecule has 1 aliphatic heterocycles. The van der Waals surface area contributed by atoms with E-state index in [1.807, 2.05) is 12.1 Å². The van der Waals surface area contributed by atoms with Crippen molar-refractivity contribution in [1.29, 1.82) is 0 Å². The quantitative estimate of drug-likeness (QED) is 0.840. The molecule has 138 valence electrons. The average Bonchev–Trinajstić information content (AvgIpc) is 3.04. The molecule has 1 atom stereocenters. The monoisotopic (exact) mass is 355 g/mol. The van der Waals surface area contributed by atoms with Crippen LogP contribution < -0.4 is 0 Å². The van der Waals surface area contributed by atoms with E-state index in [0.717, 1.165) is 18.7 Å². The number of pyridine rings is 1. The van der Waals surface area contributed by atoms with Crippen molar-refractivity contribution in [2.45, 2.75) is 32.4 Å². The van der Waals surface area contributed by atoms with Crippen LogP contribution in [0.4, 0.5) is 0 Å². The summed E-state index contributed by atoms with van der Waals surface area (Å²) >= 11 is 0. The second-order valence-corrected chi connectivity index (χ2v) is 6.88. The van der Waals surface area contributed by atoms with Crippen LogP contribution in [0, 0.1) is 6.92 Å². The highest BCUT2D eigenvalue weighted by Gasteiger charge is 2.39. The van der Waals surface area contributed by atoms with Crippen LogP contribution in [0.3, 0.4) is 0 Å². The van der Waals surface area contributed by atoms with Gasteiger partial charge in [0.1, 0.15) is 6.33 Å². The molecule has 1 aliphatic rings. The van der Waals surface area contributed by atoms with Gasteiger partial charge in [-0.3, -0.25) is 14.7 Å². The zero-order valence-electron chi connectivity index (χ0n) is 15.3. The van der Waals surface area contributed by atoms with Gasteiger partial charge < -0.3 is 10.0 Å². The summed E-state index contributed by atoms with van der Waals surface area (Å²) in [5.41, 5.74) is 1.42. The maximum atomic E-state index is 12.7. The van der Waals surface area contributed by atoms with Crippen molar-refractivity contribution in [3.05, 3.63) is 53.9 Å². The zero-order chi connectivity index (χ0) is 18.6. The molecular formula is C19H25N5O2. The predicted molar refractivity (Wildman–Crippen MR) is 97.4 cm³/mol. The second-order valence-electron chi connectivity index (χ2n) is 6.88. The lowest BCUT2D eigenvalue weighted by Gasteiger charge is -2.30. The molecule has 7 nitrogen and oxygen atoms in total. The van der Waals surface area contributed by atoms with E-state index < -0.39 is 5.60 Å². The number of likely N-dealkylation sites (tertiary alicyclic amines) is 1. The van der Waals surface area contributed by atoms with Gasteiger partial charge >= 0.3 is 0 Å². The number of hydrogen-bond acceptors (Lipinski definition) is 6. The normalized spacial score (nSPS) is 19.9. The SMILES string of the molecule is CCN(Cc1ccncc1)CC1(O)CCN(C(=O)c2cncnc2C)C1. The van der Waals surface area contributed by atoms with Crippen LogP contribution in [0.1, 0.15) is 35.0 Å². The Morgan fingerprint density at radius 1 is 1.35 bits per heavy atom. The minimum atomic E-state index is -0.901. The molecule has 1 saturated heterocycles. The molecule has 2 aromatic heterocycles. The summed E-state index contributed by atoms with van der Waals surface area (Å²) in [6, 6.07) is 3.96. The molecule has 0 saturated carbocycles. The van der Waals surface area contributed by atoms with Crippen molar-refractivity contribution in [2.75, 3.05) is 26.2 Å². The molecule has 1 fully saturated rings. The molecule has 7 heteroatoms. The van der Waals surface area contributed by atoms with Crippen LogP contribution in [0.2, 0.25) is 0 Å². The van der Waals surface area contributed by atoms with E-state index in [0.29, 0.717) is 37.3 Å². The lowest BCUT2D eigenvalue weighted by atomic mass is 10.0. The molecular weight excluding hydrogens is 330 g/mol. The molecule has 0 radical (unpaired) electrons. The maximum absolute atomic E-state index is 12.7. The number of carbonyl (C=O) groups is 1. The van der Waals surface area contributed by atoms with Crippen molar-refractivity contribution in [3.63, 3.8) is 0 Å². The summed E-state index contributed by atoms with van der Waals surface area (Å²) in [5.74, 6) is -0.115. The summed E-state index contributed by atoms with van der Waals surface area (Å²) < 4.78 is 0. The van der Waals surface area contributed by atoms with Gasteiger partial charge in [0.25, 0.3) is 5.91 Å². The Balaban J connectivity index is 1.64. The standard InChI is InChI=1S/C19H25N5O2/c1-3-23(11-16-4-7-20-8-5-16)12-19(26)6-9-24(13-19)18(25)17-10-21-14-22-15(17)2/h4-5,7-8,10,14,26H,3,6,9,11-13H2,1-2H3. The summed E-state index contributed by atoms with van der Waals surface area (Å²) in [6.07, 6.45) is 7.10. The van der Waals surface area contributed by atoms with E-state index in [1.165, 1.54) is 6.33 Å². The van der Waals surface area contributed by atoms with Gasteiger partial charge in [0.2, 0.25) is 0 Å². The molecule has 1 amide bonds. The minimum absolute atomic E-state index is 0.115. The highest BCUT2D eigenvalue weighted by atomic mass is 16.3. The minimum Gasteiger partial charge on any atom is -0.387 e. The highest BCUT2D eigenvalue weighted by molar-refractivity contribution is 5.95. The maximum Gasteiger partial charge on any atom is 0.257 e. The topological polar surface area (TPSA) is 82.5 Å². The third kappa shape index (κ3) is 4.23. The third-order valence-corrected chi connectivity index (χ3v) is 4.88. The van der Waals surface area contributed by atoms with Crippen molar-refractivity contribution in [1.82, 2.24) is 24.8 Å². The number of carbonyl (C=O) groups excluding carboxylic acids is 1. The Bertz CT molecular complexity index is 755. The van der Waals surface area contributed by atoms with Gasteiger partial charge in [0, 0.05) is 38.2 Å². The average molecular weight is 355 g/mol. The third-order valence-electron chi connectivity index (χ3n) is 4.88. The molecule has 1 unspecified atom stereocenters. The van der Waals surface area contributed by atoms with Crippen molar-refractivity contribution in [2.24, 2.45) is 0 Å². The number of amides is 1. The first-order valence-corrected chi connectivity index (χ1v) is 8.90. The predicted octanol–water partition coefficient (Wildman–Crippen LogP) is 1.28. The Kier molecular flexibility index (Phi) is 5.58. The molecule has 0 bridgehead atoms. The van der Waals surface area contributed by atoms with Gasteiger partial charge in [0.05, 0.1) is 23.4 Å². The van der Waals surface area contributed by atoms with Gasteiger partial charge in [-0.1, -0.05) is 6.92 Å². The summed E-state index contributed by atoms with van der Waals surface area (Å²) in [4.78, 5) is 28.7. The fourth-order valence-electron chi connectivity index (χ4n) is 3.37. The van der Waals surface area contributed by atoms with E-state index in [-0.39, 0.29) is 5.91 Å². The highest BCUT2D eigenvalue weighted by Crippen LogP contribution is 2.25. The lowest BCUT2D eigenvalue weighted by molar-refractivity contribution is 0.0108.